The molecule has 0 saturated heterocycles. The summed E-state index contributed by atoms with van der Waals surface area (Å²) in [5.74, 6) is -0.000560. The Bertz CT molecular complexity index is 1510. The van der Waals surface area contributed by atoms with Crippen molar-refractivity contribution in [2.45, 2.75) is 78.0 Å². The molecule has 0 atom stereocenters. The first-order valence-electron chi connectivity index (χ1n) is 15.2. The van der Waals surface area contributed by atoms with Gasteiger partial charge in [-0.15, -0.1) is 10.2 Å². The van der Waals surface area contributed by atoms with Gasteiger partial charge in [0.25, 0.3) is 6.47 Å². The molecule has 12 heteroatoms. The van der Waals surface area contributed by atoms with Gasteiger partial charge >= 0.3 is 0 Å². The van der Waals surface area contributed by atoms with E-state index in [0.717, 1.165) is 48.5 Å². The van der Waals surface area contributed by atoms with Gasteiger partial charge in [-0.05, 0) is 81.5 Å². The number of carbonyl (C=O) groups excluding carboxylic acids is 3. The summed E-state index contributed by atoms with van der Waals surface area (Å²) < 4.78 is 4.55. The normalized spacial score (nSPS) is 13.3. The molecule has 46 heavy (non-hydrogen) atoms. The highest BCUT2D eigenvalue weighted by Gasteiger charge is 2.20. The maximum absolute atomic E-state index is 12.6. The lowest BCUT2D eigenvalue weighted by Gasteiger charge is -2.14. The number of allylic oxidation sites excluding steroid dienone is 3. The third kappa shape index (κ3) is 13.2. The molecule has 3 aromatic rings. The Labute approximate surface area is 275 Å². The minimum Gasteiger partial charge on any atom is -0.462 e. The number of hydrogen-bond acceptors (Lipinski definition) is 10. The zero-order valence-electron chi connectivity index (χ0n) is 27.0. The minimum absolute atomic E-state index is 0.0813. The second-order valence-electron chi connectivity index (χ2n) is 12.1. The van der Waals surface area contributed by atoms with Crippen molar-refractivity contribution in [3.05, 3.63) is 99.5 Å². The van der Waals surface area contributed by atoms with Crippen LogP contribution in [-0.2, 0) is 51.5 Å². The van der Waals surface area contributed by atoms with E-state index in [1.807, 2.05) is 63.2 Å². The zero-order valence-corrected chi connectivity index (χ0v) is 27.9. The van der Waals surface area contributed by atoms with E-state index < -0.39 is 0 Å². The molecule has 0 radical (unpaired) electrons. The number of fused-ring (bicyclic) bond motifs is 1. The summed E-state index contributed by atoms with van der Waals surface area (Å²) in [7, 11) is 2.08. The van der Waals surface area contributed by atoms with Gasteiger partial charge in [0.2, 0.25) is 16.9 Å². The molecule has 1 aromatic heterocycles. The molecule has 1 aliphatic heterocycles. The number of hydrogen-bond donors (Lipinski definition) is 4. The van der Waals surface area contributed by atoms with Crippen LogP contribution in [0.1, 0.15) is 67.3 Å². The Morgan fingerprint density at radius 2 is 1.74 bits per heavy atom. The molecular weight excluding hydrogens is 602 g/mol. The lowest BCUT2D eigenvalue weighted by molar-refractivity contribution is -0.138. The van der Waals surface area contributed by atoms with Crippen LogP contribution in [0.2, 0.25) is 0 Å². The molecule has 0 spiro atoms. The molecule has 2 heterocycles. The number of ether oxygens (including phenoxy) is 1. The summed E-state index contributed by atoms with van der Waals surface area (Å²) in [4.78, 5) is 36.5. The summed E-state index contributed by atoms with van der Waals surface area (Å²) in [6.45, 7) is 7.71. The monoisotopic (exact) mass is 647 g/mol. The van der Waals surface area contributed by atoms with Crippen LogP contribution >= 0.6 is 11.3 Å². The fraction of sp³-hybridized carbons (Fsp3) is 0.382. The summed E-state index contributed by atoms with van der Waals surface area (Å²) >= 11 is 1.40. The van der Waals surface area contributed by atoms with E-state index in [2.05, 4.69) is 43.6 Å². The van der Waals surface area contributed by atoms with Gasteiger partial charge < -0.3 is 26.8 Å². The van der Waals surface area contributed by atoms with Gasteiger partial charge in [0.15, 0.2) is 0 Å². The first kappa shape index (κ1) is 35.9. The van der Waals surface area contributed by atoms with E-state index in [-0.39, 0.29) is 29.7 Å². The van der Waals surface area contributed by atoms with E-state index in [9.17, 15) is 14.4 Å². The predicted molar refractivity (Wildman–Crippen MR) is 181 cm³/mol. The maximum atomic E-state index is 12.6. The average molecular weight is 648 g/mol. The number of aromatic nitrogens is 2. The lowest BCUT2D eigenvalue weighted by Crippen LogP contribution is -2.28. The molecule has 11 nitrogen and oxygen atoms in total. The fourth-order valence-corrected chi connectivity index (χ4v) is 5.42. The summed E-state index contributed by atoms with van der Waals surface area (Å²) in [5.41, 5.74) is 16.9. The maximum Gasteiger partial charge on any atom is 0.293 e. The van der Waals surface area contributed by atoms with Crippen molar-refractivity contribution in [2.24, 2.45) is 11.5 Å². The Kier molecular flexibility index (Phi) is 13.9. The molecule has 0 unspecified atom stereocenters. The summed E-state index contributed by atoms with van der Waals surface area (Å²) in [6.07, 6.45) is 7.12. The van der Waals surface area contributed by atoms with E-state index in [1.165, 1.54) is 22.5 Å². The highest BCUT2D eigenvalue weighted by atomic mass is 32.1. The third-order valence-electron chi connectivity index (χ3n) is 6.78. The standard InChI is InChI=1S/C29H35N7O2S.C5H10O2/c1-36-18-22-11-7-10-21(24(22)19-36)17-27(38)33-29-35-34-28(39-29)13-6-5-12-23(30)14-15-25(31)32-26(37)16-20-8-3-2-4-9-20;1-5(2,3)7-4-6/h2-4,7-11,14-15H,5-6,12-13,16-19,30-31H2,1H3,(H,32,37)(H,33,35,38);4H,1-3H3/b23-14-,25-15+;. The van der Waals surface area contributed by atoms with Crippen LogP contribution in [-0.4, -0.2) is 46.0 Å². The van der Waals surface area contributed by atoms with Crippen molar-refractivity contribution in [1.29, 1.82) is 0 Å². The first-order chi connectivity index (χ1) is 21.9. The predicted octanol–water partition coefficient (Wildman–Crippen LogP) is 4.34. The van der Waals surface area contributed by atoms with Crippen molar-refractivity contribution in [3.63, 3.8) is 0 Å². The van der Waals surface area contributed by atoms with Crippen LogP contribution in [0.25, 0.3) is 0 Å². The van der Waals surface area contributed by atoms with E-state index in [0.29, 0.717) is 30.1 Å². The molecule has 0 fully saturated rings. The number of unbranched alkanes of at least 4 members (excludes halogenated alkanes) is 1. The molecule has 0 bridgehead atoms. The fourth-order valence-electron chi connectivity index (χ4n) is 4.62. The van der Waals surface area contributed by atoms with Crippen molar-refractivity contribution in [2.75, 3.05) is 12.4 Å². The van der Waals surface area contributed by atoms with Crippen LogP contribution in [0.15, 0.2) is 72.2 Å². The van der Waals surface area contributed by atoms with Crippen LogP contribution in [0.4, 0.5) is 5.13 Å². The van der Waals surface area contributed by atoms with Crippen molar-refractivity contribution in [1.82, 2.24) is 20.4 Å². The number of benzene rings is 2. The molecule has 1 aliphatic rings. The third-order valence-corrected chi connectivity index (χ3v) is 7.68. The Morgan fingerprint density at radius 3 is 2.43 bits per heavy atom. The molecule has 0 aliphatic carbocycles. The van der Waals surface area contributed by atoms with Crippen molar-refractivity contribution >= 4 is 34.8 Å². The zero-order chi connectivity index (χ0) is 33.5. The van der Waals surface area contributed by atoms with Gasteiger partial charge in [-0.3, -0.25) is 19.3 Å². The number of carbonyl (C=O) groups is 3. The lowest BCUT2D eigenvalue weighted by atomic mass is 10.0. The Balaban J connectivity index is 0.000000738. The van der Waals surface area contributed by atoms with Crippen LogP contribution in [0.5, 0.6) is 0 Å². The van der Waals surface area contributed by atoms with Crippen LogP contribution < -0.4 is 22.1 Å². The molecule has 2 amide bonds. The van der Waals surface area contributed by atoms with Gasteiger partial charge in [-0.1, -0.05) is 59.9 Å². The van der Waals surface area contributed by atoms with Crippen molar-refractivity contribution in [3.8, 4) is 0 Å². The number of anilines is 1. The number of aryl methyl sites for hydroxylation is 1. The highest BCUT2D eigenvalue weighted by molar-refractivity contribution is 7.15. The number of amides is 2. The second kappa shape index (κ2) is 17.8. The van der Waals surface area contributed by atoms with Gasteiger partial charge in [-0.2, -0.15) is 0 Å². The minimum atomic E-state index is -0.318. The van der Waals surface area contributed by atoms with Gasteiger partial charge in [0.1, 0.15) is 16.4 Å². The van der Waals surface area contributed by atoms with Crippen LogP contribution in [0, 0.1) is 0 Å². The number of nitrogens with zero attached hydrogens (tertiary/aromatic N) is 3. The van der Waals surface area contributed by atoms with Gasteiger partial charge in [0, 0.05) is 25.2 Å². The Hall–Kier alpha value is -4.55. The largest absolute Gasteiger partial charge is 0.462 e. The second-order valence-corrected chi connectivity index (χ2v) is 13.1. The smallest absolute Gasteiger partial charge is 0.293 e. The van der Waals surface area contributed by atoms with E-state index >= 15 is 0 Å². The SMILES string of the molecule is CC(C)(C)OC=O.CN1Cc2cccc(CC(=O)Nc3nnc(CCCC/C(N)=C/C=C(\N)NC(=O)Cc4ccccc4)s3)c2C1. The average Bonchev–Trinajstić information content (AvgIpc) is 3.60. The number of nitrogens with one attached hydrogen (secondary N) is 2. The topological polar surface area (TPSA) is 166 Å². The number of rotatable bonds is 13. The molecule has 246 valence electrons. The molecule has 6 N–H and O–H groups in total. The summed E-state index contributed by atoms with van der Waals surface area (Å²) in [6, 6.07) is 15.6. The molecule has 4 rings (SSSR count). The molecule has 2 aromatic carbocycles. The van der Waals surface area contributed by atoms with Gasteiger partial charge in [-0.25, -0.2) is 0 Å². The quantitative estimate of drug-likeness (QED) is 0.120. The number of nitrogens with two attached hydrogens (primary N) is 2. The summed E-state index contributed by atoms with van der Waals surface area (Å²) in [5, 5.41) is 15.3. The first-order valence-corrected chi connectivity index (χ1v) is 16.0. The van der Waals surface area contributed by atoms with E-state index in [4.69, 9.17) is 11.5 Å². The highest BCUT2D eigenvalue weighted by Crippen LogP contribution is 2.25. The van der Waals surface area contributed by atoms with Crippen molar-refractivity contribution < 1.29 is 19.1 Å². The van der Waals surface area contributed by atoms with E-state index in [1.54, 1.807) is 12.2 Å². The van der Waals surface area contributed by atoms with Crippen LogP contribution in [0.3, 0.4) is 0 Å². The molecular formula is C34H45N7O4S. The van der Waals surface area contributed by atoms with Gasteiger partial charge in [0.05, 0.1) is 12.8 Å². The molecule has 0 saturated carbocycles. The Morgan fingerprint density at radius 1 is 0.978 bits per heavy atom.